The summed E-state index contributed by atoms with van der Waals surface area (Å²) in [5.41, 5.74) is 4.12. The van der Waals surface area contributed by atoms with Crippen LogP contribution in [0.4, 0.5) is 5.88 Å². The highest BCUT2D eigenvalue weighted by Crippen LogP contribution is 2.38. The van der Waals surface area contributed by atoms with Gasteiger partial charge in [-0.25, -0.2) is 4.98 Å². The van der Waals surface area contributed by atoms with E-state index in [1.54, 1.807) is 54.6 Å². The van der Waals surface area contributed by atoms with Crippen molar-refractivity contribution in [3.8, 4) is 39.6 Å². The smallest absolute Gasteiger partial charge is 0.258 e. The molecule has 0 radical (unpaired) electrons. The molecule has 5 nitrogen and oxygen atoms in total. The molecule has 1 amide bonds. The minimum atomic E-state index is -0.306. The first kappa shape index (κ1) is 21.5. The van der Waals surface area contributed by atoms with Gasteiger partial charge in [-0.1, -0.05) is 72.3 Å². The van der Waals surface area contributed by atoms with Gasteiger partial charge in [0.05, 0.1) is 0 Å². The van der Waals surface area contributed by atoms with E-state index in [2.05, 4.69) is 5.32 Å². The van der Waals surface area contributed by atoms with Crippen molar-refractivity contribution in [2.24, 2.45) is 0 Å². The van der Waals surface area contributed by atoms with E-state index in [1.165, 1.54) is 0 Å². The lowest BCUT2D eigenvalue weighted by Crippen LogP contribution is -2.11. The Balaban J connectivity index is 1.62. The lowest BCUT2D eigenvalue weighted by atomic mass is 9.99. The van der Waals surface area contributed by atoms with Crippen LogP contribution in [-0.4, -0.2) is 16.0 Å². The first-order chi connectivity index (χ1) is 16.6. The first-order valence-corrected chi connectivity index (χ1v) is 11.0. The molecule has 5 aromatic rings. The van der Waals surface area contributed by atoms with E-state index in [9.17, 15) is 9.90 Å². The van der Waals surface area contributed by atoms with Crippen molar-refractivity contribution in [3.63, 3.8) is 0 Å². The molecule has 0 saturated heterocycles. The number of phenols is 1. The topological polar surface area (TPSA) is 75.4 Å². The minimum absolute atomic E-state index is 0.164. The number of amides is 1. The fourth-order valence-corrected chi connectivity index (χ4v) is 3.81. The summed E-state index contributed by atoms with van der Waals surface area (Å²) in [6.45, 7) is 0. The lowest BCUT2D eigenvalue weighted by molar-refractivity contribution is 0.102. The molecule has 0 aliphatic rings. The quantitative estimate of drug-likeness (QED) is 0.285. The minimum Gasteiger partial charge on any atom is -0.508 e. The van der Waals surface area contributed by atoms with Crippen molar-refractivity contribution >= 4 is 23.4 Å². The first-order valence-electron chi connectivity index (χ1n) is 10.6. The van der Waals surface area contributed by atoms with Crippen LogP contribution in [0, 0.1) is 0 Å². The average molecular weight is 467 g/mol. The summed E-state index contributed by atoms with van der Waals surface area (Å²) in [4.78, 5) is 17.6. The lowest BCUT2D eigenvalue weighted by Gasteiger charge is -2.07. The molecule has 34 heavy (non-hydrogen) atoms. The summed E-state index contributed by atoms with van der Waals surface area (Å²) in [6, 6.07) is 30.7. The zero-order valence-electron chi connectivity index (χ0n) is 17.9. The number of rotatable bonds is 5. The van der Waals surface area contributed by atoms with Gasteiger partial charge in [0.25, 0.3) is 5.91 Å². The van der Waals surface area contributed by atoms with Crippen molar-refractivity contribution in [2.45, 2.75) is 0 Å². The normalized spacial score (nSPS) is 10.7. The second-order valence-electron chi connectivity index (χ2n) is 7.62. The molecule has 1 aromatic heterocycles. The van der Waals surface area contributed by atoms with E-state index >= 15 is 0 Å². The van der Waals surface area contributed by atoms with Gasteiger partial charge in [-0.15, -0.1) is 0 Å². The van der Waals surface area contributed by atoms with Crippen molar-refractivity contribution < 1.29 is 14.3 Å². The Kier molecular flexibility index (Phi) is 5.85. The Labute approximate surface area is 201 Å². The van der Waals surface area contributed by atoms with Gasteiger partial charge in [-0.05, 0) is 53.6 Å². The molecule has 4 aromatic carbocycles. The summed E-state index contributed by atoms with van der Waals surface area (Å²) in [5.74, 6) is 0.432. The maximum Gasteiger partial charge on any atom is 0.258 e. The predicted octanol–water partition coefficient (Wildman–Crippen LogP) is 7.29. The molecule has 166 valence electrons. The molecule has 2 N–H and O–H groups in total. The predicted molar refractivity (Wildman–Crippen MR) is 134 cm³/mol. The third-order valence-electron chi connectivity index (χ3n) is 5.32. The van der Waals surface area contributed by atoms with Crippen LogP contribution in [0.15, 0.2) is 108 Å². The number of carbonyl (C=O) groups excluding carboxylic acids is 1. The van der Waals surface area contributed by atoms with Crippen molar-refractivity contribution in [1.29, 1.82) is 0 Å². The van der Waals surface area contributed by atoms with E-state index in [1.807, 2.05) is 48.5 Å². The van der Waals surface area contributed by atoms with E-state index in [-0.39, 0.29) is 17.5 Å². The molecular formula is C28H19ClN2O3. The third kappa shape index (κ3) is 4.42. The number of anilines is 1. The molecule has 0 spiro atoms. The Hall–Kier alpha value is -4.35. The van der Waals surface area contributed by atoms with Crippen LogP contribution in [0.1, 0.15) is 10.4 Å². The molecule has 0 saturated carbocycles. The van der Waals surface area contributed by atoms with Gasteiger partial charge in [0.15, 0.2) is 0 Å². The van der Waals surface area contributed by atoms with Crippen LogP contribution in [0.25, 0.3) is 33.8 Å². The van der Waals surface area contributed by atoms with E-state index in [4.69, 9.17) is 21.0 Å². The van der Waals surface area contributed by atoms with Crippen molar-refractivity contribution in [1.82, 2.24) is 4.98 Å². The Morgan fingerprint density at radius 1 is 0.794 bits per heavy atom. The average Bonchev–Trinajstić information content (AvgIpc) is 3.28. The Morgan fingerprint density at radius 3 is 2.24 bits per heavy atom. The van der Waals surface area contributed by atoms with E-state index < -0.39 is 0 Å². The monoisotopic (exact) mass is 466 g/mol. The van der Waals surface area contributed by atoms with Crippen LogP contribution in [0.5, 0.6) is 5.75 Å². The summed E-state index contributed by atoms with van der Waals surface area (Å²) < 4.78 is 6.13. The summed E-state index contributed by atoms with van der Waals surface area (Å²) >= 11 is 6.07. The molecule has 5 rings (SSSR count). The molecule has 0 bridgehead atoms. The molecule has 6 heteroatoms. The molecule has 0 aliphatic heterocycles. The standard InChI is InChI=1S/C28H19ClN2O3/c29-21-15-13-18(14-16-21)25-28(31-26(33)19-7-2-1-3-8-19)34-27(30-25)24-12-5-4-11-23(24)20-9-6-10-22(32)17-20/h1-17,32H,(H,31,33). The number of aromatic nitrogens is 1. The number of nitrogens with zero attached hydrogens (tertiary/aromatic N) is 1. The second-order valence-corrected chi connectivity index (χ2v) is 8.06. The molecule has 0 fully saturated rings. The van der Waals surface area contributed by atoms with Gasteiger partial charge in [-0.2, -0.15) is 0 Å². The van der Waals surface area contributed by atoms with E-state index in [0.29, 0.717) is 22.2 Å². The van der Waals surface area contributed by atoms with Crippen LogP contribution in [0.2, 0.25) is 5.02 Å². The number of carbonyl (C=O) groups is 1. The number of benzene rings is 4. The molecule has 1 heterocycles. The zero-order chi connectivity index (χ0) is 23.5. The number of oxazole rings is 1. The van der Waals surface area contributed by atoms with Crippen LogP contribution >= 0.6 is 11.6 Å². The van der Waals surface area contributed by atoms with Gasteiger partial charge in [0.2, 0.25) is 11.8 Å². The number of halogens is 1. The largest absolute Gasteiger partial charge is 0.508 e. The molecular weight excluding hydrogens is 448 g/mol. The summed E-state index contributed by atoms with van der Waals surface area (Å²) in [6.07, 6.45) is 0. The highest BCUT2D eigenvalue weighted by atomic mass is 35.5. The van der Waals surface area contributed by atoms with Crippen molar-refractivity contribution in [3.05, 3.63) is 114 Å². The molecule has 0 aliphatic carbocycles. The fourth-order valence-electron chi connectivity index (χ4n) is 3.68. The SMILES string of the molecule is O=C(Nc1oc(-c2ccccc2-c2cccc(O)c2)nc1-c1ccc(Cl)cc1)c1ccccc1. The maximum absolute atomic E-state index is 12.9. The second kappa shape index (κ2) is 9.25. The fraction of sp³-hybridized carbons (Fsp3) is 0. The van der Waals surface area contributed by atoms with Crippen LogP contribution in [0.3, 0.4) is 0 Å². The Bertz CT molecular complexity index is 1460. The van der Waals surface area contributed by atoms with Gasteiger partial charge in [0, 0.05) is 21.7 Å². The number of hydrogen-bond donors (Lipinski definition) is 2. The highest BCUT2D eigenvalue weighted by Gasteiger charge is 2.21. The number of hydrogen-bond acceptors (Lipinski definition) is 4. The van der Waals surface area contributed by atoms with Crippen LogP contribution < -0.4 is 5.32 Å². The number of phenolic OH excluding ortho intramolecular Hbond substituents is 1. The van der Waals surface area contributed by atoms with Crippen LogP contribution in [-0.2, 0) is 0 Å². The summed E-state index contributed by atoms with van der Waals surface area (Å²) in [5, 5.41) is 13.4. The number of aromatic hydroxyl groups is 1. The van der Waals surface area contributed by atoms with Gasteiger partial charge in [0.1, 0.15) is 11.4 Å². The van der Waals surface area contributed by atoms with E-state index in [0.717, 1.165) is 22.3 Å². The molecule has 0 unspecified atom stereocenters. The zero-order valence-corrected chi connectivity index (χ0v) is 18.7. The van der Waals surface area contributed by atoms with Crippen molar-refractivity contribution in [2.75, 3.05) is 5.32 Å². The van der Waals surface area contributed by atoms with Gasteiger partial charge < -0.3 is 9.52 Å². The summed E-state index contributed by atoms with van der Waals surface area (Å²) in [7, 11) is 0. The maximum atomic E-state index is 12.9. The van der Waals surface area contributed by atoms with Gasteiger partial charge >= 0.3 is 0 Å². The highest BCUT2D eigenvalue weighted by molar-refractivity contribution is 6.30. The third-order valence-corrected chi connectivity index (χ3v) is 5.57. The molecule has 0 atom stereocenters. The Morgan fingerprint density at radius 2 is 1.50 bits per heavy atom. The van der Waals surface area contributed by atoms with Gasteiger partial charge in [-0.3, -0.25) is 10.1 Å². The number of nitrogens with one attached hydrogen (secondary N) is 1.